The number of hydrogen-bond acceptors (Lipinski definition) is 4. The third-order valence-electron chi connectivity index (χ3n) is 2.87. The first-order chi connectivity index (χ1) is 8.76. The molecule has 0 saturated heterocycles. The molecule has 0 amide bonds. The zero-order chi connectivity index (χ0) is 12.5. The van der Waals surface area contributed by atoms with Gasteiger partial charge < -0.3 is 11.5 Å². The zero-order valence-corrected chi connectivity index (χ0v) is 9.80. The van der Waals surface area contributed by atoms with Gasteiger partial charge in [0.2, 0.25) is 0 Å². The molecule has 3 rings (SSSR count). The maximum Gasteiger partial charge on any atom is 0.111 e. The summed E-state index contributed by atoms with van der Waals surface area (Å²) >= 11 is 0. The number of anilines is 3. The SMILES string of the molecule is NCc1ccc(N2[N]c3ccc(N)cc3N2)cc1. The number of nitrogens with one attached hydrogen (secondary N) is 1. The lowest BCUT2D eigenvalue weighted by Crippen LogP contribution is -2.28. The second-order valence-corrected chi connectivity index (χ2v) is 4.17. The van der Waals surface area contributed by atoms with Gasteiger partial charge >= 0.3 is 0 Å². The number of nitrogens with two attached hydrogens (primary N) is 2. The summed E-state index contributed by atoms with van der Waals surface area (Å²) in [4.78, 5) is 0. The number of rotatable bonds is 2. The minimum absolute atomic E-state index is 0.543. The van der Waals surface area contributed by atoms with Crippen LogP contribution in [0.25, 0.3) is 0 Å². The van der Waals surface area contributed by atoms with Crippen LogP contribution in [0.4, 0.5) is 22.7 Å². The van der Waals surface area contributed by atoms with E-state index in [1.165, 1.54) is 0 Å². The molecule has 0 fully saturated rings. The number of hydrogen-bond donors (Lipinski definition) is 3. The average molecular weight is 240 g/mol. The van der Waals surface area contributed by atoms with Gasteiger partial charge in [-0.05, 0) is 35.9 Å². The number of fused-ring (bicyclic) bond motifs is 1. The van der Waals surface area contributed by atoms with Crippen molar-refractivity contribution < 1.29 is 0 Å². The fraction of sp³-hybridized carbons (Fsp3) is 0.0769. The molecule has 1 heterocycles. The van der Waals surface area contributed by atoms with E-state index in [1.807, 2.05) is 42.5 Å². The summed E-state index contributed by atoms with van der Waals surface area (Å²) < 4.78 is 0. The number of nitrogens with zero attached hydrogens (tertiary/aromatic N) is 2. The highest BCUT2D eigenvalue weighted by atomic mass is 15.8. The Labute approximate surface area is 105 Å². The van der Waals surface area contributed by atoms with Gasteiger partial charge in [0, 0.05) is 12.2 Å². The molecular formula is C13H14N5. The molecular weight excluding hydrogens is 226 g/mol. The summed E-state index contributed by atoms with van der Waals surface area (Å²) in [7, 11) is 0. The minimum Gasteiger partial charge on any atom is -0.399 e. The predicted octanol–water partition coefficient (Wildman–Crippen LogP) is 1.73. The second-order valence-electron chi connectivity index (χ2n) is 4.17. The van der Waals surface area contributed by atoms with Crippen LogP contribution in [0.1, 0.15) is 5.56 Å². The lowest BCUT2D eigenvalue weighted by molar-refractivity contribution is 0.866. The van der Waals surface area contributed by atoms with Crippen molar-refractivity contribution in [2.75, 3.05) is 16.3 Å². The van der Waals surface area contributed by atoms with Crippen LogP contribution in [-0.4, -0.2) is 0 Å². The summed E-state index contributed by atoms with van der Waals surface area (Å²) in [5.74, 6) is 0. The Balaban J connectivity index is 1.84. The smallest absolute Gasteiger partial charge is 0.111 e. The standard InChI is InChI=1S/C13H14N5/c14-8-9-1-4-11(5-2-9)18-16-12-6-3-10(15)7-13(12)17-18/h1-7,17H,8,14-15H2. The highest BCUT2D eigenvalue weighted by molar-refractivity contribution is 5.76. The number of hydrazine groups is 1. The van der Waals surface area contributed by atoms with Crippen molar-refractivity contribution in [3.8, 4) is 0 Å². The third kappa shape index (κ3) is 1.80. The fourth-order valence-electron chi connectivity index (χ4n) is 1.87. The molecule has 5 nitrogen and oxygen atoms in total. The van der Waals surface area contributed by atoms with E-state index in [2.05, 4.69) is 10.9 Å². The first-order valence-electron chi connectivity index (χ1n) is 5.73. The van der Waals surface area contributed by atoms with Crippen LogP contribution in [0.3, 0.4) is 0 Å². The van der Waals surface area contributed by atoms with Gasteiger partial charge in [-0.3, -0.25) is 5.43 Å². The van der Waals surface area contributed by atoms with Crippen molar-refractivity contribution in [2.24, 2.45) is 5.73 Å². The van der Waals surface area contributed by atoms with E-state index in [4.69, 9.17) is 11.5 Å². The topological polar surface area (TPSA) is 81.4 Å². The molecule has 0 aromatic heterocycles. The molecule has 18 heavy (non-hydrogen) atoms. The predicted molar refractivity (Wildman–Crippen MR) is 73.1 cm³/mol. The van der Waals surface area contributed by atoms with Gasteiger partial charge in [0.25, 0.3) is 0 Å². The zero-order valence-electron chi connectivity index (χ0n) is 9.80. The van der Waals surface area contributed by atoms with Crippen LogP contribution in [0, 0.1) is 0 Å². The largest absolute Gasteiger partial charge is 0.399 e. The quantitative estimate of drug-likeness (QED) is 0.698. The van der Waals surface area contributed by atoms with E-state index in [0.29, 0.717) is 6.54 Å². The molecule has 0 atom stereocenters. The molecule has 91 valence electrons. The molecule has 5 heteroatoms. The van der Waals surface area contributed by atoms with Crippen LogP contribution >= 0.6 is 0 Å². The van der Waals surface area contributed by atoms with E-state index in [9.17, 15) is 0 Å². The Kier molecular flexibility index (Phi) is 2.46. The summed E-state index contributed by atoms with van der Waals surface area (Å²) in [5, 5.41) is 1.73. The highest BCUT2D eigenvalue weighted by Gasteiger charge is 2.20. The van der Waals surface area contributed by atoms with Crippen molar-refractivity contribution in [1.82, 2.24) is 5.43 Å². The normalized spacial score (nSPS) is 12.8. The van der Waals surface area contributed by atoms with E-state index in [1.54, 1.807) is 5.12 Å². The molecule has 1 aliphatic rings. The van der Waals surface area contributed by atoms with Crippen molar-refractivity contribution >= 4 is 22.7 Å². The van der Waals surface area contributed by atoms with Crippen LogP contribution in [0.5, 0.6) is 0 Å². The first kappa shape index (κ1) is 10.7. The Morgan fingerprint density at radius 1 is 1.11 bits per heavy atom. The fourth-order valence-corrected chi connectivity index (χ4v) is 1.87. The van der Waals surface area contributed by atoms with Gasteiger partial charge in [-0.15, -0.1) is 0 Å². The lowest BCUT2D eigenvalue weighted by atomic mass is 10.2. The summed E-state index contributed by atoms with van der Waals surface area (Å²) in [6, 6.07) is 13.5. The second kappa shape index (κ2) is 4.12. The van der Waals surface area contributed by atoms with Crippen LogP contribution in [0.15, 0.2) is 42.5 Å². The van der Waals surface area contributed by atoms with E-state index < -0.39 is 0 Å². The molecule has 0 spiro atoms. The van der Waals surface area contributed by atoms with Gasteiger partial charge in [0.1, 0.15) is 5.69 Å². The molecule has 0 saturated carbocycles. The molecule has 2 aromatic rings. The Morgan fingerprint density at radius 3 is 2.61 bits per heavy atom. The maximum absolute atomic E-state index is 5.74. The van der Waals surface area contributed by atoms with Gasteiger partial charge in [-0.25, -0.2) is 0 Å². The van der Waals surface area contributed by atoms with Crippen LogP contribution < -0.4 is 27.4 Å². The monoisotopic (exact) mass is 240 g/mol. The molecule has 0 bridgehead atoms. The molecule has 1 radical (unpaired) electrons. The molecule has 2 aromatic carbocycles. The van der Waals surface area contributed by atoms with Crippen molar-refractivity contribution in [3.63, 3.8) is 0 Å². The molecule has 0 aliphatic carbocycles. The van der Waals surface area contributed by atoms with Crippen molar-refractivity contribution in [2.45, 2.75) is 6.54 Å². The maximum atomic E-state index is 5.74. The average Bonchev–Trinajstić information content (AvgIpc) is 2.81. The Morgan fingerprint density at radius 2 is 1.89 bits per heavy atom. The summed E-state index contributed by atoms with van der Waals surface area (Å²) in [5.41, 5.74) is 23.5. The third-order valence-corrected chi connectivity index (χ3v) is 2.87. The Bertz CT molecular complexity index is 564. The van der Waals surface area contributed by atoms with E-state index >= 15 is 0 Å². The summed E-state index contributed by atoms with van der Waals surface area (Å²) in [6.45, 7) is 0.543. The number of benzene rings is 2. The van der Waals surface area contributed by atoms with Gasteiger partial charge in [0.15, 0.2) is 0 Å². The van der Waals surface area contributed by atoms with E-state index in [0.717, 1.165) is 28.3 Å². The molecule has 1 aliphatic heterocycles. The van der Waals surface area contributed by atoms with E-state index in [-0.39, 0.29) is 0 Å². The molecule has 0 unspecified atom stereocenters. The lowest BCUT2D eigenvalue weighted by Gasteiger charge is -2.16. The van der Waals surface area contributed by atoms with Gasteiger partial charge in [-0.1, -0.05) is 12.1 Å². The van der Waals surface area contributed by atoms with Crippen LogP contribution in [0.2, 0.25) is 0 Å². The highest BCUT2D eigenvalue weighted by Crippen LogP contribution is 2.32. The van der Waals surface area contributed by atoms with Crippen molar-refractivity contribution in [1.29, 1.82) is 0 Å². The van der Waals surface area contributed by atoms with Gasteiger partial charge in [-0.2, -0.15) is 10.5 Å². The summed E-state index contributed by atoms with van der Waals surface area (Å²) in [6.07, 6.45) is 0. The first-order valence-corrected chi connectivity index (χ1v) is 5.73. The Hall–Kier alpha value is -2.40. The minimum atomic E-state index is 0.543. The number of nitrogen functional groups attached to an aromatic ring is 1. The van der Waals surface area contributed by atoms with Crippen LogP contribution in [-0.2, 0) is 6.54 Å². The molecule has 5 N–H and O–H groups in total. The van der Waals surface area contributed by atoms with Gasteiger partial charge in [0.05, 0.1) is 11.4 Å². The van der Waals surface area contributed by atoms with Crippen molar-refractivity contribution in [3.05, 3.63) is 48.0 Å².